The van der Waals surface area contributed by atoms with Gasteiger partial charge in [-0.1, -0.05) is 127 Å². The molecule has 1 aliphatic rings. The number of carbonyl (C=O) groups is 2. The second-order valence-electron chi connectivity index (χ2n) is 16.6. The van der Waals surface area contributed by atoms with Gasteiger partial charge < -0.3 is 45.1 Å². The van der Waals surface area contributed by atoms with Crippen molar-refractivity contribution >= 4 is 33.4 Å². The van der Waals surface area contributed by atoms with E-state index in [0.717, 1.165) is 81.4 Å². The van der Waals surface area contributed by atoms with E-state index in [1.54, 1.807) is 0 Å². The van der Waals surface area contributed by atoms with Gasteiger partial charge in [-0.3, -0.25) is 23.2 Å². The number of anilines is 1. The summed E-state index contributed by atoms with van der Waals surface area (Å²) in [6.07, 6.45) is 23.0. The number of allylic oxidation sites excluding steroid dienone is 7. The third-order valence-corrected chi connectivity index (χ3v) is 12.8. The van der Waals surface area contributed by atoms with Gasteiger partial charge in [0.15, 0.2) is 12.3 Å². The third-order valence-electron chi connectivity index (χ3n) is 10.2. The molecule has 2 rings (SSSR count). The normalized spacial score (nSPS) is 20.7. The van der Waals surface area contributed by atoms with E-state index in [0.29, 0.717) is 25.2 Å². The van der Waals surface area contributed by atoms with E-state index in [1.165, 1.54) is 18.9 Å². The van der Waals surface area contributed by atoms with Gasteiger partial charge in [0.1, 0.15) is 30.7 Å². The number of nitrogens with two attached hydrogens (primary N) is 1. The van der Waals surface area contributed by atoms with Crippen LogP contribution in [0.5, 0.6) is 0 Å². The largest absolute Gasteiger partial charge is 0.481 e. The Bertz CT molecular complexity index is 1820. The van der Waals surface area contributed by atoms with Crippen LogP contribution in [-0.4, -0.2) is 96.9 Å². The molecule has 376 valence electrons. The molecule has 7 N–H and O–H groups in total. The van der Waals surface area contributed by atoms with Gasteiger partial charge in [-0.15, -0.1) is 0 Å². The number of phosphoric ester groups is 2. The van der Waals surface area contributed by atoms with Gasteiger partial charge in [0.25, 0.3) is 0 Å². The van der Waals surface area contributed by atoms with Crippen molar-refractivity contribution in [1.82, 2.24) is 9.55 Å². The molecule has 2 unspecified atom stereocenters. The lowest BCUT2D eigenvalue weighted by molar-refractivity contribution is -0.161. The Balaban J connectivity index is 1.85. The molecular formula is C45H75N3O16P2. The molecule has 8 atom stereocenters. The lowest BCUT2D eigenvalue weighted by atomic mass is 10.0. The molecule has 0 saturated carbocycles. The summed E-state index contributed by atoms with van der Waals surface area (Å²) in [5.41, 5.74) is 4.57. The number of ether oxygens (including phenoxy) is 3. The van der Waals surface area contributed by atoms with Crippen LogP contribution in [0.15, 0.2) is 65.7 Å². The van der Waals surface area contributed by atoms with Crippen molar-refractivity contribution in [1.29, 1.82) is 0 Å². The van der Waals surface area contributed by atoms with Gasteiger partial charge in [0.2, 0.25) is 0 Å². The minimum atomic E-state index is -5.44. The Morgan fingerprint density at radius 2 is 1.42 bits per heavy atom. The number of aromatic nitrogens is 2. The monoisotopic (exact) mass is 975 g/mol. The molecule has 0 aliphatic carbocycles. The van der Waals surface area contributed by atoms with E-state index in [4.69, 9.17) is 29.0 Å². The highest BCUT2D eigenvalue weighted by molar-refractivity contribution is 7.61. The van der Waals surface area contributed by atoms with Gasteiger partial charge in [0, 0.05) is 19.0 Å². The molecule has 19 nitrogen and oxygen atoms in total. The summed E-state index contributed by atoms with van der Waals surface area (Å²) in [6.45, 7) is 4.12. The number of rotatable bonds is 36. The fourth-order valence-electron chi connectivity index (χ4n) is 6.51. The van der Waals surface area contributed by atoms with Crippen LogP contribution in [0.25, 0.3) is 0 Å². The predicted molar refractivity (Wildman–Crippen MR) is 248 cm³/mol. The Morgan fingerprint density at radius 1 is 0.818 bits per heavy atom. The average Bonchev–Trinajstić information content (AvgIpc) is 3.53. The highest BCUT2D eigenvalue weighted by Crippen LogP contribution is 2.60. The number of aliphatic hydroxyl groups is 3. The van der Waals surface area contributed by atoms with E-state index in [-0.39, 0.29) is 24.8 Å². The van der Waals surface area contributed by atoms with Crippen molar-refractivity contribution in [2.75, 3.05) is 25.6 Å². The summed E-state index contributed by atoms with van der Waals surface area (Å²) >= 11 is 0. The maximum absolute atomic E-state index is 12.8. The van der Waals surface area contributed by atoms with Crippen LogP contribution in [0.3, 0.4) is 0 Å². The van der Waals surface area contributed by atoms with Crippen LogP contribution in [0.1, 0.15) is 143 Å². The minimum absolute atomic E-state index is 0.0275. The maximum Gasteiger partial charge on any atom is 0.481 e. The van der Waals surface area contributed by atoms with E-state index in [1.807, 2.05) is 42.5 Å². The number of carbonyl (C=O) groups excluding carboxylic acids is 2. The molecular weight excluding hydrogens is 900 g/mol. The van der Waals surface area contributed by atoms with Gasteiger partial charge >= 0.3 is 33.3 Å². The zero-order valence-corrected chi connectivity index (χ0v) is 40.5. The summed E-state index contributed by atoms with van der Waals surface area (Å²) in [5, 5.41) is 30.7. The van der Waals surface area contributed by atoms with Crippen LogP contribution < -0.4 is 11.4 Å². The first-order valence-corrected chi connectivity index (χ1v) is 26.1. The summed E-state index contributed by atoms with van der Waals surface area (Å²) in [6, 6.07) is 1.24. The van der Waals surface area contributed by atoms with E-state index in [2.05, 4.69) is 36.1 Å². The number of hydrogen-bond donors (Lipinski definition) is 6. The maximum atomic E-state index is 12.8. The Hall–Kier alpha value is -3.32. The second kappa shape index (κ2) is 33.2. The zero-order valence-electron chi connectivity index (χ0n) is 38.8. The van der Waals surface area contributed by atoms with Crippen LogP contribution in [0.2, 0.25) is 0 Å². The molecule has 2 heterocycles. The molecule has 1 fully saturated rings. The summed E-state index contributed by atoms with van der Waals surface area (Å²) < 4.78 is 56.5. The van der Waals surface area contributed by atoms with Gasteiger partial charge in [-0.25, -0.2) is 13.9 Å². The summed E-state index contributed by atoms with van der Waals surface area (Å²) in [5.74, 6) is -0.719. The standard InChI is InChI=1S/C45H75N3O16P2/c1-4-5-26-36(49)27-22-18-14-10-8-6-7-9-11-15-19-23-28-40(50)59-32-37(62-41(51)29-24-20-16-12-13-17-21-25-35(2)3)33-60-65(55,56)64-66(57,58)61-34-38-42(52)43(53)44(63-38)48-31-30-39(46)47-45(48)54/h6-7,10-11,14-15,22,27,30-31,35-38,42-44,49,52-53H,4-5,8-9,12-13,16-21,23-26,28-29,32-34H2,1-3H3,(H,55,56)(H,57,58)(H2,46,47,54)/b7-6-,14-10-,15-11-,27-22-/t36-,37+,38+,42+,43+,44+/m0/s1. The smallest absolute Gasteiger partial charge is 0.462 e. The number of nitrogens with zero attached hydrogens (tertiary/aromatic N) is 2. The van der Waals surface area contributed by atoms with Crippen molar-refractivity contribution in [2.24, 2.45) is 5.92 Å². The number of hydrogen-bond acceptors (Lipinski definition) is 16. The third kappa shape index (κ3) is 26.9. The van der Waals surface area contributed by atoms with Gasteiger partial charge in [-0.2, -0.15) is 9.29 Å². The van der Waals surface area contributed by atoms with E-state index >= 15 is 0 Å². The summed E-state index contributed by atoms with van der Waals surface area (Å²) in [7, 11) is -10.9. The van der Waals surface area contributed by atoms with Crippen molar-refractivity contribution in [3.05, 3.63) is 71.4 Å². The molecule has 1 aromatic heterocycles. The van der Waals surface area contributed by atoms with Crippen LogP contribution in [0, 0.1) is 5.92 Å². The number of unbranched alkanes of at least 4 members (excludes halogenated alkanes) is 8. The first kappa shape index (κ1) is 58.8. The highest BCUT2D eigenvalue weighted by Gasteiger charge is 2.46. The highest BCUT2D eigenvalue weighted by atomic mass is 31.3. The first-order chi connectivity index (χ1) is 31.4. The van der Waals surface area contributed by atoms with E-state index < -0.39 is 83.7 Å². The fraction of sp³-hybridized carbons (Fsp3) is 0.689. The van der Waals surface area contributed by atoms with Crippen molar-refractivity contribution in [3.8, 4) is 0 Å². The molecule has 1 saturated heterocycles. The van der Waals surface area contributed by atoms with Crippen molar-refractivity contribution in [3.63, 3.8) is 0 Å². The van der Waals surface area contributed by atoms with Crippen LogP contribution in [-0.2, 0) is 46.3 Å². The molecule has 1 aromatic rings. The lowest BCUT2D eigenvalue weighted by Gasteiger charge is -2.21. The predicted octanol–water partition coefficient (Wildman–Crippen LogP) is 7.43. The molecule has 0 amide bonds. The SMILES string of the molecule is CCCC[C@H](O)/C=C\C/C=C\C/C=C\C/C=C\CCCC(=O)OC[C@H](COP(=O)(O)OP(=O)(O)OC[C@H]1O[C@@H](n2ccc(N)nc2=O)[C@H](O)[C@@H]1O)OC(=O)CCCCCCCCCC(C)C. The van der Waals surface area contributed by atoms with Gasteiger partial charge in [0.05, 0.1) is 19.3 Å². The Labute approximate surface area is 389 Å². The molecule has 21 heteroatoms. The number of aliphatic hydroxyl groups excluding tert-OH is 3. The van der Waals surface area contributed by atoms with Crippen LogP contribution in [0.4, 0.5) is 5.82 Å². The van der Waals surface area contributed by atoms with Gasteiger partial charge in [-0.05, 0) is 56.9 Å². The Morgan fingerprint density at radius 3 is 2.08 bits per heavy atom. The van der Waals surface area contributed by atoms with Crippen molar-refractivity contribution in [2.45, 2.75) is 173 Å². The van der Waals surface area contributed by atoms with Crippen molar-refractivity contribution < 1.29 is 71.4 Å². The van der Waals surface area contributed by atoms with Crippen LogP contribution >= 0.6 is 15.6 Å². The first-order valence-electron chi connectivity index (χ1n) is 23.1. The fourth-order valence-corrected chi connectivity index (χ4v) is 8.62. The molecule has 0 aromatic carbocycles. The number of esters is 2. The topological polar surface area (TPSA) is 286 Å². The summed E-state index contributed by atoms with van der Waals surface area (Å²) in [4.78, 5) is 61.6. The molecule has 0 radical (unpaired) electrons. The number of phosphoric acid groups is 2. The average molecular weight is 976 g/mol. The zero-order chi connectivity index (χ0) is 48.8. The molecule has 1 aliphatic heterocycles. The molecule has 0 bridgehead atoms. The molecule has 0 spiro atoms. The Kier molecular flexibility index (Phi) is 29.6. The second-order valence-corrected chi connectivity index (χ2v) is 19.6. The molecule has 66 heavy (non-hydrogen) atoms. The lowest BCUT2D eigenvalue weighted by Crippen LogP contribution is -2.36. The number of nitrogen functional groups attached to an aromatic ring is 1. The minimum Gasteiger partial charge on any atom is -0.462 e. The van der Waals surface area contributed by atoms with E-state index in [9.17, 15) is 48.6 Å². The quantitative estimate of drug-likeness (QED) is 0.0165.